The van der Waals surface area contributed by atoms with E-state index >= 15 is 0 Å². The molecule has 2 aromatic carbocycles. The van der Waals surface area contributed by atoms with Crippen molar-refractivity contribution in [2.75, 3.05) is 18.4 Å². The van der Waals surface area contributed by atoms with Crippen molar-refractivity contribution in [2.45, 2.75) is 31.6 Å². The van der Waals surface area contributed by atoms with Gasteiger partial charge in [-0.1, -0.05) is 18.2 Å². The Bertz CT molecular complexity index is 1030. The molecule has 1 saturated heterocycles. The van der Waals surface area contributed by atoms with E-state index in [1.165, 1.54) is 35.5 Å². The normalized spacial score (nSPS) is 15.8. The van der Waals surface area contributed by atoms with Crippen LogP contribution >= 0.6 is 15.9 Å². The lowest BCUT2D eigenvalue weighted by molar-refractivity contribution is -0.120. The molecule has 0 bridgehead atoms. The number of piperidine rings is 1. The van der Waals surface area contributed by atoms with Gasteiger partial charge in [0.05, 0.1) is 10.6 Å². The number of nitrogens with zero attached hydrogens (tertiary/aromatic N) is 1. The third kappa shape index (κ3) is 4.94. The number of hydrogen-bond donors (Lipinski definition) is 1. The first-order chi connectivity index (χ1) is 13.7. The maximum Gasteiger partial charge on any atom is 0.243 e. The molecule has 154 valence electrons. The van der Waals surface area contributed by atoms with Gasteiger partial charge >= 0.3 is 0 Å². The highest BCUT2D eigenvalue weighted by Gasteiger charge is 2.32. The average Bonchev–Trinajstić information content (AvgIpc) is 2.70. The zero-order valence-electron chi connectivity index (χ0n) is 16.3. The maximum absolute atomic E-state index is 12.8. The molecule has 8 heteroatoms. The quantitative estimate of drug-likeness (QED) is 0.658. The molecule has 3 rings (SSSR count). The standard InChI is InChI=1S/C21H23BrN2O4S/c1-14-3-8-20(19(22)13-14)23-21(26)17-9-11-24(12-10-17)29(27,28)18-6-4-16(5-7-18)15(2)25/h3-8,13,17H,9-12H2,1-2H3,(H,23,26). The van der Waals surface area contributed by atoms with Gasteiger partial charge in [-0.05, 0) is 72.4 Å². The molecule has 1 heterocycles. The highest BCUT2D eigenvalue weighted by atomic mass is 79.9. The molecule has 0 spiro atoms. The van der Waals surface area contributed by atoms with Crippen molar-refractivity contribution in [1.82, 2.24) is 4.31 Å². The van der Waals surface area contributed by atoms with E-state index in [0.29, 0.717) is 24.1 Å². The van der Waals surface area contributed by atoms with E-state index in [1.54, 1.807) is 0 Å². The zero-order chi connectivity index (χ0) is 21.2. The van der Waals surface area contributed by atoms with Crippen molar-refractivity contribution >= 4 is 43.3 Å². The van der Waals surface area contributed by atoms with Gasteiger partial charge in [-0.15, -0.1) is 0 Å². The number of hydrogen-bond acceptors (Lipinski definition) is 4. The lowest BCUT2D eigenvalue weighted by atomic mass is 9.97. The topological polar surface area (TPSA) is 83.6 Å². The molecule has 0 saturated carbocycles. The van der Waals surface area contributed by atoms with Crippen LogP contribution in [0.2, 0.25) is 0 Å². The van der Waals surface area contributed by atoms with Gasteiger partial charge in [-0.25, -0.2) is 8.42 Å². The highest BCUT2D eigenvalue weighted by Crippen LogP contribution is 2.27. The van der Waals surface area contributed by atoms with Gasteiger partial charge in [0.1, 0.15) is 0 Å². The minimum atomic E-state index is -3.64. The molecule has 0 aliphatic carbocycles. The fraction of sp³-hybridized carbons (Fsp3) is 0.333. The van der Waals surface area contributed by atoms with Gasteiger partial charge in [0.2, 0.25) is 15.9 Å². The lowest BCUT2D eigenvalue weighted by Crippen LogP contribution is -2.41. The third-order valence-electron chi connectivity index (χ3n) is 5.11. The molecule has 29 heavy (non-hydrogen) atoms. The second-order valence-electron chi connectivity index (χ2n) is 7.23. The number of carbonyl (C=O) groups excluding carboxylic acids is 2. The third-order valence-corrected chi connectivity index (χ3v) is 7.67. The first-order valence-electron chi connectivity index (χ1n) is 9.36. The second-order valence-corrected chi connectivity index (χ2v) is 10.0. The number of benzene rings is 2. The highest BCUT2D eigenvalue weighted by molar-refractivity contribution is 9.10. The number of anilines is 1. The summed E-state index contributed by atoms with van der Waals surface area (Å²) in [5.41, 5.74) is 2.27. The van der Waals surface area contributed by atoms with E-state index in [4.69, 9.17) is 0 Å². The molecule has 1 amide bonds. The summed E-state index contributed by atoms with van der Waals surface area (Å²) in [6.45, 7) is 3.97. The van der Waals surface area contributed by atoms with Crippen LogP contribution in [0.3, 0.4) is 0 Å². The summed E-state index contributed by atoms with van der Waals surface area (Å²) in [6, 6.07) is 11.7. The smallest absolute Gasteiger partial charge is 0.243 e. The minimum Gasteiger partial charge on any atom is -0.325 e. The van der Waals surface area contributed by atoms with Crippen LogP contribution in [0.4, 0.5) is 5.69 Å². The van der Waals surface area contributed by atoms with E-state index in [9.17, 15) is 18.0 Å². The van der Waals surface area contributed by atoms with Gasteiger partial charge < -0.3 is 5.32 Å². The van der Waals surface area contributed by atoms with Crippen LogP contribution in [-0.4, -0.2) is 37.5 Å². The number of Topliss-reactive ketones (excluding diaryl/α,β-unsaturated/α-hetero) is 1. The Morgan fingerprint density at radius 1 is 1.07 bits per heavy atom. The van der Waals surface area contributed by atoms with Crippen molar-refractivity contribution in [3.8, 4) is 0 Å². The number of nitrogens with one attached hydrogen (secondary N) is 1. The molecule has 1 aliphatic rings. The molecule has 1 N–H and O–H groups in total. The maximum atomic E-state index is 12.8. The van der Waals surface area contributed by atoms with E-state index in [2.05, 4.69) is 21.2 Å². The summed E-state index contributed by atoms with van der Waals surface area (Å²) < 4.78 is 27.9. The zero-order valence-corrected chi connectivity index (χ0v) is 18.7. The summed E-state index contributed by atoms with van der Waals surface area (Å²) >= 11 is 3.45. The molecule has 1 fully saturated rings. The van der Waals surface area contributed by atoms with E-state index < -0.39 is 10.0 Å². The first-order valence-corrected chi connectivity index (χ1v) is 11.6. The Morgan fingerprint density at radius 2 is 1.69 bits per heavy atom. The number of aryl methyl sites for hydroxylation is 1. The van der Waals surface area contributed by atoms with Crippen LogP contribution in [0.15, 0.2) is 51.8 Å². The Morgan fingerprint density at radius 3 is 2.24 bits per heavy atom. The van der Waals surface area contributed by atoms with Crippen molar-refractivity contribution in [1.29, 1.82) is 0 Å². The summed E-state index contributed by atoms with van der Waals surface area (Å²) in [5, 5.41) is 2.92. The summed E-state index contributed by atoms with van der Waals surface area (Å²) in [7, 11) is -3.64. The molecule has 0 atom stereocenters. The number of sulfonamides is 1. The Hall–Kier alpha value is -2.03. The van der Waals surface area contributed by atoms with E-state index in [0.717, 1.165) is 10.0 Å². The van der Waals surface area contributed by atoms with Crippen molar-refractivity contribution < 1.29 is 18.0 Å². The summed E-state index contributed by atoms with van der Waals surface area (Å²) in [6.07, 6.45) is 0.917. The van der Waals surface area contributed by atoms with Gasteiger partial charge in [-0.3, -0.25) is 9.59 Å². The van der Waals surface area contributed by atoms with Gasteiger partial charge in [0.15, 0.2) is 5.78 Å². The van der Waals surface area contributed by atoms with Crippen LogP contribution in [0.25, 0.3) is 0 Å². The number of rotatable bonds is 5. The summed E-state index contributed by atoms with van der Waals surface area (Å²) in [5.74, 6) is -0.451. The Kier molecular flexibility index (Phi) is 6.55. The number of ketones is 1. The van der Waals surface area contributed by atoms with Gasteiger partial charge in [0.25, 0.3) is 0 Å². The molecule has 0 radical (unpaired) electrons. The van der Waals surface area contributed by atoms with E-state index in [1.807, 2.05) is 25.1 Å². The Labute approximate surface area is 179 Å². The van der Waals surface area contributed by atoms with Crippen LogP contribution in [0.5, 0.6) is 0 Å². The van der Waals surface area contributed by atoms with E-state index in [-0.39, 0.29) is 35.6 Å². The summed E-state index contributed by atoms with van der Waals surface area (Å²) in [4.78, 5) is 24.1. The lowest BCUT2D eigenvalue weighted by Gasteiger charge is -2.30. The molecule has 0 aromatic heterocycles. The molecule has 0 unspecified atom stereocenters. The van der Waals surface area contributed by atoms with Crippen LogP contribution in [0, 0.1) is 12.8 Å². The molecule has 1 aliphatic heterocycles. The first kappa shape index (κ1) is 21.7. The van der Waals surface area contributed by atoms with Crippen LogP contribution < -0.4 is 5.32 Å². The van der Waals surface area contributed by atoms with Crippen LogP contribution in [-0.2, 0) is 14.8 Å². The fourth-order valence-electron chi connectivity index (χ4n) is 3.33. The number of carbonyl (C=O) groups is 2. The van der Waals surface area contributed by atoms with Crippen molar-refractivity contribution in [3.63, 3.8) is 0 Å². The monoisotopic (exact) mass is 478 g/mol. The largest absolute Gasteiger partial charge is 0.325 e. The van der Waals surface area contributed by atoms with Gasteiger partial charge in [0, 0.05) is 29.0 Å². The molecule has 6 nitrogen and oxygen atoms in total. The SMILES string of the molecule is CC(=O)c1ccc(S(=O)(=O)N2CCC(C(=O)Nc3ccc(C)cc3Br)CC2)cc1. The Balaban J connectivity index is 1.63. The minimum absolute atomic E-state index is 0.0996. The average molecular weight is 479 g/mol. The molecular formula is C21H23BrN2O4S. The molecular weight excluding hydrogens is 456 g/mol. The number of amides is 1. The predicted molar refractivity (Wildman–Crippen MR) is 115 cm³/mol. The second kappa shape index (κ2) is 8.77. The van der Waals surface area contributed by atoms with Crippen LogP contribution in [0.1, 0.15) is 35.7 Å². The predicted octanol–water partition coefficient (Wildman–Crippen LogP) is 4.00. The van der Waals surface area contributed by atoms with Crippen molar-refractivity contribution in [3.05, 3.63) is 58.1 Å². The number of halogens is 1. The fourth-order valence-corrected chi connectivity index (χ4v) is 5.39. The van der Waals surface area contributed by atoms with Crippen molar-refractivity contribution in [2.24, 2.45) is 5.92 Å². The molecule has 2 aromatic rings. The van der Waals surface area contributed by atoms with Gasteiger partial charge in [-0.2, -0.15) is 4.31 Å².